The second-order valence-electron chi connectivity index (χ2n) is 3.82. The number of hydrogen-bond donors (Lipinski definition) is 1. The molecule has 0 bridgehead atoms. The molecule has 1 aromatic carbocycles. The van der Waals surface area contributed by atoms with Crippen molar-refractivity contribution in [2.45, 2.75) is 19.5 Å². The molecule has 0 amide bonds. The first-order valence-electron chi connectivity index (χ1n) is 5.54. The van der Waals surface area contributed by atoms with Gasteiger partial charge in [-0.2, -0.15) is 0 Å². The second kappa shape index (κ2) is 5.80. The van der Waals surface area contributed by atoms with E-state index in [4.69, 9.17) is 4.74 Å². The van der Waals surface area contributed by atoms with E-state index in [1.807, 2.05) is 23.7 Å². The summed E-state index contributed by atoms with van der Waals surface area (Å²) in [5.74, 6) is 0.922. The number of benzene rings is 1. The van der Waals surface area contributed by atoms with Crippen LogP contribution < -0.4 is 10.1 Å². The lowest BCUT2D eigenvalue weighted by molar-refractivity contribution is 0.401. The number of hydrogen-bond acceptors (Lipinski definition) is 4. The summed E-state index contributed by atoms with van der Waals surface area (Å²) in [6.07, 6.45) is 0. The van der Waals surface area contributed by atoms with Crippen molar-refractivity contribution in [2.24, 2.45) is 0 Å². The predicted molar refractivity (Wildman–Crippen MR) is 70.4 cm³/mol. The molecule has 0 radical (unpaired) electrons. The molecule has 2 rings (SSSR count). The van der Waals surface area contributed by atoms with Gasteiger partial charge >= 0.3 is 0 Å². The molecule has 0 aliphatic carbocycles. The van der Waals surface area contributed by atoms with Crippen molar-refractivity contribution in [1.29, 1.82) is 0 Å². The van der Waals surface area contributed by atoms with Gasteiger partial charge in [-0.15, -0.1) is 11.3 Å². The Morgan fingerprint density at radius 3 is 2.94 bits per heavy atom. The van der Waals surface area contributed by atoms with Gasteiger partial charge in [-0.1, -0.05) is 18.2 Å². The van der Waals surface area contributed by atoms with E-state index in [0.717, 1.165) is 18.0 Å². The van der Waals surface area contributed by atoms with Crippen LogP contribution in [0.4, 0.5) is 0 Å². The largest absolute Gasteiger partial charge is 0.496 e. The molecule has 17 heavy (non-hydrogen) atoms. The summed E-state index contributed by atoms with van der Waals surface area (Å²) in [4.78, 5) is 4.25. The van der Waals surface area contributed by atoms with Crippen molar-refractivity contribution >= 4 is 11.3 Å². The van der Waals surface area contributed by atoms with E-state index in [1.165, 1.54) is 5.56 Å². The monoisotopic (exact) mass is 248 g/mol. The van der Waals surface area contributed by atoms with Crippen LogP contribution in [0, 0.1) is 0 Å². The van der Waals surface area contributed by atoms with Gasteiger partial charge in [0, 0.05) is 23.5 Å². The molecule has 0 aliphatic rings. The number of para-hydroxylation sites is 1. The van der Waals surface area contributed by atoms with Crippen molar-refractivity contribution in [3.63, 3.8) is 0 Å². The minimum atomic E-state index is 0.243. The molecule has 0 fully saturated rings. The third kappa shape index (κ3) is 3.05. The van der Waals surface area contributed by atoms with E-state index in [9.17, 15) is 0 Å². The van der Waals surface area contributed by atoms with Crippen LogP contribution in [0.3, 0.4) is 0 Å². The van der Waals surface area contributed by atoms with Gasteiger partial charge < -0.3 is 10.1 Å². The summed E-state index contributed by atoms with van der Waals surface area (Å²) < 4.78 is 5.35. The first kappa shape index (κ1) is 12.1. The number of rotatable bonds is 5. The Bertz CT molecular complexity index is 456. The van der Waals surface area contributed by atoms with Gasteiger partial charge in [0.25, 0.3) is 0 Å². The molecule has 1 atom stereocenters. The normalized spacial score (nSPS) is 12.4. The van der Waals surface area contributed by atoms with E-state index >= 15 is 0 Å². The molecule has 1 unspecified atom stereocenters. The van der Waals surface area contributed by atoms with Gasteiger partial charge in [-0.3, -0.25) is 0 Å². The van der Waals surface area contributed by atoms with Crippen molar-refractivity contribution in [3.8, 4) is 5.75 Å². The molecule has 1 heterocycles. The third-order valence-electron chi connectivity index (χ3n) is 2.68. The van der Waals surface area contributed by atoms with E-state index in [1.54, 1.807) is 18.4 Å². The average Bonchev–Trinajstić information content (AvgIpc) is 2.89. The molecule has 4 heteroatoms. The maximum Gasteiger partial charge on any atom is 0.123 e. The fraction of sp³-hybridized carbons (Fsp3) is 0.308. The highest BCUT2D eigenvalue weighted by Crippen LogP contribution is 2.24. The number of thiazole rings is 1. The Hall–Kier alpha value is -1.39. The number of ether oxygens (including phenoxy) is 1. The average molecular weight is 248 g/mol. The van der Waals surface area contributed by atoms with Crippen LogP contribution in [0.2, 0.25) is 0 Å². The lowest BCUT2D eigenvalue weighted by Crippen LogP contribution is -2.18. The first-order chi connectivity index (χ1) is 8.31. The Balaban J connectivity index is 2.01. The molecular formula is C13H16N2OS. The minimum absolute atomic E-state index is 0.243. The van der Waals surface area contributed by atoms with Crippen molar-refractivity contribution < 1.29 is 4.74 Å². The highest BCUT2D eigenvalue weighted by Gasteiger charge is 2.10. The van der Waals surface area contributed by atoms with Crippen LogP contribution in [0.5, 0.6) is 5.75 Å². The summed E-state index contributed by atoms with van der Waals surface area (Å²) in [7, 11) is 1.70. The topological polar surface area (TPSA) is 34.1 Å². The number of aromatic nitrogens is 1. The van der Waals surface area contributed by atoms with Crippen LogP contribution in [-0.4, -0.2) is 12.1 Å². The minimum Gasteiger partial charge on any atom is -0.496 e. The van der Waals surface area contributed by atoms with Gasteiger partial charge in [0.15, 0.2) is 0 Å². The van der Waals surface area contributed by atoms with Crippen LogP contribution in [0.25, 0.3) is 0 Å². The van der Waals surface area contributed by atoms with Crippen molar-refractivity contribution in [3.05, 3.63) is 46.4 Å². The van der Waals surface area contributed by atoms with Gasteiger partial charge in [-0.05, 0) is 13.0 Å². The standard InChI is InChI=1S/C13H16N2OS/c1-10(14-7-11-8-17-9-15-11)12-5-3-4-6-13(12)16-2/h3-6,8-10,14H,7H2,1-2H3. The molecule has 0 saturated carbocycles. The second-order valence-corrected chi connectivity index (χ2v) is 4.54. The lowest BCUT2D eigenvalue weighted by atomic mass is 10.1. The number of nitrogens with one attached hydrogen (secondary N) is 1. The Morgan fingerprint density at radius 1 is 1.41 bits per heavy atom. The van der Waals surface area contributed by atoms with Gasteiger partial charge in [-0.25, -0.2) is 4.98 Å². The molecular weight excluding hydrogens is 232 g/mol. The van der Waals surface area contributed by atoms with Gasteiger partial charge in [0.1, 0.15) is 5.75 Å². The molecule has 3 nitrogen and oxygen atoms in total. The predicted octanol–water partition coefficient (Wildman–Crippen LogP) is 3.00. The Morgan fingerprint density at radius 2 is 2.24 bits per heavy atom. The van der Waals surface area contributed by atoms with E-state index in [-0.39, 0.29) is 6.04 Å². The fourth-order valence-electron chi connectivity index (χ4n) is 1.72. The molecule has 0 aliphatic heterocycles. The highest BCUT2D eigenvalue weighted by atomic mass is 32.1. The third-order valence-corrected chi connectivity index (χ3v) is 3.31. The van der Waals surface area contributed by atoms with Crippen molar-refractivity contribution in [2.75, 3.05) is 7.11 Å². The first-order valence-corrected chi connectivity index (χ1v) is 6.49. The Labute approximate surface area is 105 Å². The summed E-state index contributed by atoms with van der Waals surface area (Å²) in [6, 6.07) is 8.32. The molecule has 2 aromatic rings. The summed E-state index contributed by atoms with van der Waals surface area (Å²) in [5, 5.41) is 5.50. The fourth-order valence-corrected chi connectivity index (χ4v) is 2.27. The zero-order valence-corrected chi connectivity index (χ0v) is 10.8. The summed E-state index contributed by atoms with van der Waals surface area (Å²) >= 11 is 1.62. The van der Waals surface area contributed by atoms with Crippen molar-refractivity contribution in [1.82, 2.24) is 10.3 Å². The molecule has 1 aromatic heterocycles. The van der Waals surface area contributed by atoms with E-state index in [0.29, 0.717) is 0 Å². The molecule has 90 valence electrons. The van der Waals surface area contributed by atoms with Crippen LogP contribution >= 0.6 is 11.3 Å². The maximum atomic E-state index is 5.35. The number of nitrogens with zero attached hydrogens (tertiary/aromatic N) is 1. The van der Waals surface area contributed by atoms with E-state index < -0.39 is 0 Å². The molecule has 1 N–H and O–H groups in total. The SMILES string of the molecule is COc1ccccc1C(C)NCc1cscn1. The quantitative estimate of drug-likeness (QED) is 0.883. The van der Waals surface area contributed by atoms with E-state index in [2.05, 4.69) is 28.7 Å². The van der Waals surface area contributed by atoms with Crippen LogP contribution in [0.15, 0.2) is 35.2 Å². The van der Waals surface area contributed by atoms with Crippen LogP contribution in [0.1, 0.15) is 24.2 Å². The molecule has 0 spiro atoms. The number of methoxy groups -OCH3 is 1. The van der Waals surface area contributed by atoms with Gasteiger partial charge in [0.05, 0.1) is 18.3 Å². The smallest absolute Gasteiger partial charge is 0.123 e. The zero-order chi connectivity index (χ0) is 12.1. The Kier molecular flexibility index (Phi) is 4.12. The summed E-state index contributed by atoms with van der Waals surface area (Å²) in [6.45, 7) is 2.91. The summed E-state index contributed by atoms with van der Waals surface area (Å²) in [5.41, 5.74) is 4.10. The highest BCUT2D eigenvalue weighted by molar-refractivity contribution is 7.07. The lowest BCUT2D eigenvalue weighted by Gasteiger charge is -2.16. The van der Waals surface area contributed by atoms with Crippen LogP contribution in [-0.2, 0) is 6.54 Å². The molecule has 0 saturated heterocycles. The zero-order valence-electron chi connectivity index (χ0n) is 10.0. The van der Waals surface area contributed by atoms with Gasteiger partial charge in [0.2, 0.25) is 0 Å². The maximum absolute atomic E-state index is 5.35.